The van der Waals surface area contributed by atoms with Crippen molar-refractivity contribution < 1.29 is 14.2 Å². The Hall–Kier alpha value is -3.11. The second-order valence-electron chi connectivity index (χ2n) is 9.31. The molecule has 0 spiro atoms. The third-order valence-corrected chi connectivity index (χ3v) is 6.94. The Balaban J connectivity index is 0.00000289. The van der Waals surface area contributed by atoms with E-state index in [1.165, 1.54) is 27.8 Å². The molecule has 1 aliphatic heterocycles. The lowest BCUT2D eigenvalue weighted by molar-refractivity contribution is 0.198. The number of likely N-dealkylation sites (tertiary alicyclic amines) is 1. The molecule has 1 atom stereocenters. The van der Waals surface area contributed by atoms with Gasteiger partial charge in [-0.15, -0.1) is 0 Å². The second-order valence-corrected chi connectivity index (χ2v) is 9.31. The Labute approximate surface area is 208 Å². The first-order chi connectivity index (χ1) is 16.7. The van der Waals surface area contributed by atoms with Gasteiger partial charge >= 0.3 is 0 Å². The predicted octanol–water partition coefficient (Wildman–Crippen LogP) is 7.14. The van der Waals surface area contributed by atoms with Gasteiger partial charge in [0.05, 0.1) is 6.67 Å². The van der Waals surface area contributed by atoms with Crippen LogP contribution in [0, 0.1) is 0 Å². The van der Waals surface area contributed by atoms with Gasteiger partial charge in [0.15, 0.2) is 0 Å². The Morgan fingerprint density at radius 3 is 2.51 bits per heavy atom. The van der Waals surface area contributed by atoms with Gasteiger partial charge in [-0.3, -0.25) is 9.29 Å². The Morgan fingerprint density at radius 2 is 1.74 bits per heavy atom. The molecule has 3 aromatic carbocycles. The fourth-order valence-corrected chi connectivity index (χ4v) is 5.30. The van der Waals surface area contributed by atoms with Crippen LogP contribution in [0.25, 0.3) is 11.1 Å². The number of phenolic OH excluding ortho intramolecular Hbond substituents is 1. The number of allylic oxidation sites excluding steroid dienone is 1. The number of benzene rings is 3. The summed E-state index contributed by atoms with van der Waals surface area (Å²) in [5, 5.41) is 10.1. The molecule has 184 valence electrons. The molecule has 0 aromatic heterocycles. The summed E-state index contributed by atoms with van der Waals surface area (Å²) in [4.78, 5) is 2.29. The summed E-state index contributed by atoms with van der Waals surface area (Å²) in [6.45, 7) is 2.38. The van der Waals surface area contributed by atoms with Crippen molar-refractivity contribution in [1.82, 2.24) is 4.90 Å². The maximum absolute atomic E-state index is 12.5. The number of ether oxygens (including phenoxy) is 1. The average molecular weight is 474 g/mol. The quantitative estimate of drug-likeness (QED) is 0.396. The number of aromatic hydroxyl groups is 1. The molecule has 3 nitrogen and oxygen atoms in total. The molecule has 1 heterocycles. The van der Waals surface area contributed by atoms with Gasteiger partial charge in [-0.2, -0.15) is 0 Å². The van der Waals surface area contributed by atoms with Crippen molar-refractivity contribution in [2.75, 3.05) is 26.3 Å². The molecule has 0 amide bonds. The Morgan fingerprint density at radius 1 is 0.943 bits per heavy atom. The number of halogens is 1. The first-order valence-corrected chi connectivity index (χ1v) is 12.4. The molecule has 0 saturated carbocycles. The van der Waals surface area contributed by atoms with Gasteiger partial charge in [0.1, 0.15) is 17.6 Å². The van der Waals surface area contributed by atoms with Crippen LogP contribution in [-0.2, 0) is 6.42 Å². The molecule has 1 fully saturated rings. The van der Waals surface area contributed by atoms with E-state index in [9.17, 15) is 9.50 Å². The molecule has 0 unspecified atom stereocenters. The van der Waals surface area contributed by atoms with Crippen LogP contribution in [0.1, 0.15) is 55.4 Å². The minimum Gasteiger partial charge on any atom is -0.508 e. The molecule has 1 saturated heterocycles. The van der Waals surface area contributed by atoms with E-state index in [1.54, 1.807) is 6.07 Å². The fraction of sp³-hybridized carbons (Fsp3) is 0.355. The highest BCUT2D eigenvalue weighted by Crippen LogP contribution is 2.41. The lowest BCUT2D eigenvalue weighted by Gasteiger charge is -2.18. The molecular weight excluding hydrogens is 437 g/mol. The number of phenols is 1. The van der Waals surface area contributed by atoms with Gasteiger partial charge in [-0.1, -0.05) is 56.0 Å². The van der Waals surface area contributed by atoms with Crippen molar-refractivity contribution in [3.05, 3.63) is 95.1 Å². The van der Waals surface area contributed by atoms with Crippen LogP contribution in [0.5, 0.6) is 11.5 Å². The normalized spacial score (nSPS) is 18.0. The van der Waals surface area contributed by atoms with Gasteiger partial charge < -0.3 is 9.84 Å². The Bertz CT molecular complexity index is 1140. The zero-order chi connectivity index (χ0) is 23.3. The third kappa shape index (κ3) is 5.76. The molecule has 1 N–H and O–H groups in total. The van der Waals surface area contributed by atoms with Gasteiger partial charge in [0.2, 0.25) is 0 Å². The lowest BCUT2D eigenvalue weighted by atomic mass is 9.88. The van der Waals surface area contributed by atoms with Gasteiger partial charge in [-0.05, 0) is 89.8 Å². The first kappa shape index (κ1) is 25.0. The largest absolute Gasteiger partial charge is 0.508 e. The van der Waals surface area contributed by atoms with E-state index in [2.05, 4.69) is 65.6 Å². The van der Waals surface area contributed by atoms with E-state index in [1.807, 2.05) is 6.07 Å². The van der Waals surface area contributed by atoms with Crippen molar-refractivity contribution in [2.24, 2.45) is 0 Å². The minimum atomic E-state index is -0.257. The highest BCUT2D eigenvalue weighted by molar-refractivity contribution is 6.00. The lowest BCUT2D eigenvalue weighted by Crippen LogP contribution is -2.26. The molecule has 3 aromatic rings. The van der Waals surface area contributed by atoms with Crippen LogP contribution in [0.3, 0.4) is 0 Å². The first-order valence-electron chi connectivity index (χ1n) is 12.4. The minimum absolute atomic E-state index is 0. The summed E-state index contributed by atoms with van der Waals surface area (Å²) >= 11 is 0. The number of rotatable bonds is 7. The van der Waals surface area contributed by atoms with E-state index in [0.717, 1.165) is 56.6 Å². The zero-order valence-electron chi connectivity index (χ0n) is 19.6. The number of nitrogens with zero attached hydrogens (tertiary/aromatic N) is 1. The van der Waals surface area contributed by atoms with E-state index in [-0.39, 0.29) is 20.2 Å². The second kappa shape index (κ2) is 11.5. The van der Waals surface area contributed by atoms with Crippen LogP contribution >= 0.6 is 0 Å². The summed E-state index contributed by atoms with van der Waals surface area (Å²) in [6, 6.07) is 24.8. The molecule has 2 aliphatic rings. The van der Waals surface area contributed by atoms with E-state index in [0.29, 0.717) is 12.2 Å². The van der Waals surface area contributed by atoms with E-state index < -0.39 is 0 Å². The number of fused-ring (bicyclic) bond motifs is 1. The summed E-state index contributed by atoms with van der Waals surface area (Å²) in [5.41, 5.74) is 7.39. The van der Waals surface area contributed by atoms with E-state index >= 15 is 0 Å². The highest BCUT2D eigenvalue weighted by Gasteiger charge is 2.24. The van der Waals surface area contributed by atoms with Crippen molar-refractivity contribution >= 4 is 11.1 Å². The smallest absolute Gasteiger partial charge is 0.119 e. The molecule has 0 radical (unpaired) electrons. The third-order valence-electron chi connectivity index (χ3n) is 6.94. The molecule has 4 heteroatoms. The molecule has 1 aliphatic carbocycles. The number of hydrogen-bond acceptors (Lipinski definition) is 3. The maximum Gasteiger partial charge on any atom is 0.119 e. The summed E-state index contributed by atoms with van der Waals surface area (Å²) in [5.74, 6) is 1.20. The zero-order valence-corrected chi connectivity index (χ0v) is 19.6. The molecule has 5 rings (SSSR count). The maximum atomic E-state index is 12.5. The van der Waals surface area contributed by atoms with Crippen LogP contribution < -0.4 is 4.74 Å². The summed E-state index contributed by atoms with van der Waals surface area (Å²) in [6.07, 6.45) is 4.72. The van der Waals surface area contributed by atoms with Crippen LogP contribution in [0.4, 0.5) is 4.39 Å². The van der Waals surface area contributed by atoms with Crippen molar-refractivity contribution in [3.8, 4) is 11.5 Å². The predicted molar refractivity (Wildman–Crippen MR) is 143 cm³/mol. The molecular formula is C31H36FNO2. The summed E-state index contributed by atoms with van der Waals surface area (Å²) < 4.78 is 18.7. The van der Waals surface area contributed by atoms with Crippen molar-refractivity contribution in [1.29, 1.82) is 0 Å². The molecule has 35 heavy (non-hydrogen) atoms. The van der Waals surface area contributed by atoms with Crippen LogP contribution in [0.15, 0.2) is 72.8 Å². The topological polar surface area (TPSA) is 32.7 Å². The monoisotopic (exact) mass is 473 g/mol. The Kier molecular flexibility index (Phi) is 8.25. The standard InChI is InChI=1S/C30H32FNO2.CH4/c31-17-5-18-32-19-16-27(21-32)34-26-13-10-23(11-14-26)30-28(22-6-2-1-3-7-22)9-4-8-24-20-25(33)12-15-29(24)30;/h1-3,6-7,10-15,20,27,33H,4-5,8-9,16-19,21H2;1H4/t27-;/m0./s1. The SMILES string of the molecule is C.Oc1ccc2c(c1)CCCC(c1ccccc1)=C2c1ccc(O[C@H]2CCN(CCCF)C2)cc1. The van der Waals surface area contributed by atoms with Gasteiger partial charge in [0.25, 0.3) is 0 Å². The van der Waals surface area contributed by atoms with Crippen molar-refractivity contribution in [3.63, 3.8) is 0 Å². The van der Waals surface area contributed by atoms with E-state index in [4.69, 9.17) is 4.74 Å². The van der Waals surface area contributed by atoms with Gasteiger partial charge in [0, 0.05) is 19.6 Å². The summed E-state index contributed by atoms with van der Waals surface area (Å²) in [7, 11) is 0. The number of aryl methyl sites for hydroxylation is 1. The number of alkyl halides is 1. The fourth-order valence-electron chi connectivity index (χ4n) is 5.30. The van der Waals surface area contributed by atoms with Crippen LogP contribution in [0.2, 0.25) is 0 Å². The average Bonchev–Trinajstić information content (AvgIpc) is 3.22. The van der Waals surface area contributed by atoms with Gasteiger partial charge in [-0.25, -0.2) is 0 Å². The van der Waals surface area contributed by atoms with Crippen LogP contribution in [-0.4, -0.2) is 42.4 Å². The number of hydrogen-bond donors (Lipinski definition) is 1. The van der Waals surface area contributed by atoms with Crippen molar-refractivity contribution in [2.45, 2.75) is 45.6 Å². The highest BCUT2D eigenvalue weighted by atomic mass is 19.1. The molecule has 0 bridgehead atoms.